The molecule has 6 heteroatoms. The molecule has 6 nitrogen and oxygen atoms in total. The molecule has 0 aromatic heterocycles. The number of hydrazine groups is 1. The molecule has 0 aliphatic rings. The van der Waals surface area contributed by atoms with E-state index in [0.29, 0.717) is 12.2 Å². The zero-order valence-corrected chi connectivity index (χ0v) is 15.9. The van der Waals surface area contributed by atoms with E-state index in [4.69, 9.17) is 4.74 Å². The van der Waals surface area contributed by atoms with E-state index in [9.17, 15) is 9.59 Å². The molecule has 0 fully saturated rings. The van der Waals surface area contributed by atoms with Gasteiger partial charge in [0, 0.05) is 6.42 Å². The van der Waals surface area contributed by atoms with Gasteiger partial charge < -0.3 is 10.1 Å². The molecule has 29 heavy (non-hydrogen) atoms. The molecular formula is C23H23N3O3. The van der Waals surface area contributed by atoms with E-state index in [1.54, 1.807) is 12.1 Å². The largest absolute Gasteiger partial charge is 0.484 e. The van der Waals surface area contributed by atoms with Crippen LogP contribution in [0.2, 0.25) is 0 Å². The Morgan fingerprint density at radius 3 is 2.03 bits per heavy atom. The van der Waals surface area contributed by atoms with Crippen LogP contribution in [0.4, 0.5) is 5.69 Å². The van der Waals surface area contributed by atoms with E-state index in [-0.39, 0.29) is 18.4 Å². The van der Waals surface area contributed by atoms with Crippen LogP contribution in [0.3, 0.4) is 0 Å². The van der Waals surface area contributed by atoms with Crippen LogP contribution < -0.4 is 20.9 Å². The van der Waals surface area contributed by atoms with E-state index in [0.717, 1.165) is 11.3 Å². The molecule has 148 valence electrons. The van der Waals surface area contributed by atoms with Crippen LogP contribution in [0.5, 0.6) is 5.75 Å². The fourth-order valence-corrected chi connectivity index (χ4v) is 2.70. The van der Waals surface area contributed by atoms with Gasteiger partial charge in [-0.3, -0.25) is 20.4 Å². The molecule has 3 aromatic rings. The Labute approximate surface area is 169 Å². The number of hydrogen-bond acceptors (Lipinski definition) is 4. The highest BCUT2D eigenvalue weighted by molar-refractivity contribution is 5.89. The lowest BCUT2D eigenvalue weighted by Gasteiger charge is -2.19. The third-order valence-electron chi connectivity index (χ3n) is 4.15. The third-order valence-corrected chi connectivity index (χ3v) is 4.15. The van der Waals surface area contributed by atoms with Crippen molar-refractivity contribution in [2.75, 3.05) is 12.0 Å². The Hall–Kier alpha value is -3.80. The van der Waals surface area contributed by atoms with Crippen molar-refractivity contribution in [1.82, 2.24) is 10.7 Å². The van der Waals surface area contributed by atoms with Crippen molar-refractivity contribution < 1.29 is 14.3 Å². The SMILES string of the molecule is O=C(COc1ccccc1)NC(Cc1ccccc1)C(=O)NNc1ccccc1. The van der Waals surface area contributed by atoms with Crippen LogP contribution in [-0.2, 0) is 16.0 Å². The Morgan fingerprint density at radius 2 is 1.38 bits per heavy atom. The number of anilines is 1. The van der Waals surface area contributed by atoms with Gasteiger partial charge in [0.25, 0.3) is 11.8 Å². The highest BCUT2D eigenvalue weighted by Gasteiger charge is 2.21. The number of nitrogens with one attached hydrogen (secondary N) is 3. The number of benzene rings is 3. The molecule has 0 radical (unpaired) electrons. The molecule has 0 heterocycles. The highest BCUT2D eigenvalue weighted by atomic mass is 16.5. The first kappa shape index (κ1) is 19.9. The molecule has 0 bridgehead atoms. The van der Waals surface area contributed by atoms with E-state index < -0.39 is 6.04 Å². The topological polar surface area (TPSA) is 79.5 Å². The summed E-state index contributed by atoms with van der Waals surface area (Å²) >= 11 is 0. The van der Waals surface area contributed by atoms with Crippen molar-refractivity contribution in [3.05, 3.63) is 96.6 Å². The summed E-state index contributed by atoms with van der Waals surface area (Å²) in [6, 6.07) is 27.1. The van der Waals surface area contributed by atoms with Crippen molar-refractivity contribution in [2.24, 2.45) is 0 Å². The summed E-state index contributed by atoms with van der Waals surface area (Å²) in [5.41, 5.74) is 7.20. The molecule has 3 N–H and O–H groups in total. The molecule has 1 atom stereocenters. The summed E-state index contributed by atoms with van der Waals surface area (Å²) in [6.45, 7) is -0.172. The zero-order valence-electron chi connectivity index (χ0n) is 15.9. The smallest absolute Gasteiger partial charge is 0.261 e. The molecule has 0 aliphatic heterocycles. The van der Waals surface area contributed by atoms with Gasteiger partial charge in [0.1, 0.15) is 11.8 Å². The van der Waals surface area contributed by atoms with E-state index in [1.807, 2.05) is 78.9 Å². The predicted molar refractivity (Wildman–Crippen MR) is 112 cm³/mol. The summed E-state index contributed by atoms with van der Waals surface area (Å²) < 4.78 is 5.47. The fraction of sp³-hybridized carbons (Fsp3) is 0.130. The van der Waals surface area contributed by atoms with Gasteiger partial charge in [-0.1, -0.05) is 66.7 Å². The molecule has 0 spiro atoms. The minimum Gasteiger partial charge on any atom is -0.484 e. The van der Waals surface area contributed by atoms with Crippen molar-refractivity contribution in [3.63, 3.8) is 0 Å². The van der Waals surface area contributed by atoms with Crippen molar-refractivity contribution in [2.45, 2.75) is 12.5 Å². The number of carbonyl (C=O) groups is 2. The Kier molecular flexibility index (Phi) is 7.23. The van der Waals surface area contributed by atoms with Crippen molar-refractivity contribution >= 4 is 17.5 Å². The first-order valence-corrected chi connectivity index (χ1v) is 9.33. The van der Waals surface area contributed by atoms with Crippen molar-refractivity contribution in [3.8, 4) is 5.75 Å². The number of ether oxygens (including phenoxy) is 1. The Morgan fingerprint density at radius 1 is 0.793 bits per heavy atom. The number of amides is 2. The van der Waals surface area contributed by atoms with Gasteiger partial charge in [-0.05, 0) is 29.8 Å². The lowest BCUT2D eigenvalue weighted by molar-refractivity contribution is -0.129. The van der Waals surface area contributed by atoms with Crippen LogP contribution in [0, 0.1) is 0 Å². The lowest BCUT2D eigenvalue weighted by Crippen LogP contribution is -2.50. The molecular weight excluding hydrogens is 366 g/mol. The van der Waals surface area contributed by atoms with Crippen LogP contribution in [0.15, 0.2) is 91.0 Å². The summed E-state index contributed by atoms with van der Waals surface area (Å²) in [6.07, 6.45) is 0.361. The minimum absolute atomic E-state index is 0.172. The number of para-hydroxylation sites is 2. The van der Waals surface area contributed by atoms with E-state index >= 15 is 0 Å². The van der Waals surface area contributed by atoms with Gasteiger partial charge in [-0.2, -0.15) is 0 Å². The van der Waals surface area contributed by atoms with Crippen LogP contribution in [0.25, 0.3) is 0 Å². The Bertz CT molecular complexity index is 902. The van der Waals surface area contributed by atoms with Crippen molar-refractivity contribution in [1.29, 1.82) is 0 Å². The van der Waals surface area contributed by atoms with Gasteiger partial charge in [0.15, 0.2) is 6.61 Å². The number of carbonyl (C=O) groups excluding carboxylic acids is 2. The second kappa shape index (κ2) is 10.5. The normalized spacial score (nSPS) is 11.2. The van der Waals surface area contributed by atoms with Gasteiger partial charge in [-0.25, -0.2) is 0 Å². The molecule has 3 rings (SSSR count). The van der Waals surface area contributed by atoms with Gasteiger partial charge in [0.05, 0.1) is 5.69 Å². The molecule has 2 amide bonds. The summed E-state index contributed by atoms with van der Waals surface area (Å²) in [5.74, 6) is -0.118. The molecule has 1 unspecified atom stereocenters. The quantitative estimate of drug-likeness (QED) is 0.492. The second-order valence-electron chi connectivity index (χ2n) is 6.39. The van der Waals surface area contributed by atoms with Gasteiger partial charge >= 0.3 is 0 Å². The maximum absolute atomic E-state index is 12.7. The van der Waals surface area contributed by atoms with E-state index in [1.165, 1.54) is 0 Å². The number of hydrogen-bond donors (Lipinski definition) is 3. The van der Waals surface area contributed by atoms with E-state index in [2.05, 4.69) is 16.2 Å². The average Bonchev–Trinajstić information content (AvgIpc) is 2.78. The standard InChI is InChI=1S/C23H23N3O3/c27-22(17-29-20-14-8-3-9-15-20)24-21(16-18-10-4-1-5-11-18)23(28)26-25-19-12-6-2-7-13-19/h1-15,21,25H,16-17H2,(H,24,27)(H,26,28). The summed E-state index contributed by atoms with van der Waals surface area (Å²) in [7, 11) is 0. The minimum atomic E-state index is -0.750. The molecule has 3 aromatic carbocycles. The predicted octanol–water partition coefficient (Wildman–Crippen LogP) is 2.94. The second-order valence-corrected chi connectivity index (χ2v) is 6.39. The lowest BCUT2D eigenvalue weighted by atomic mass is 10.1. The molecule has 0 aliphatic carbocycles. The highest BCUT2D eigenvalue weighted by Crippen LogP contribution is 2.08. The van der Waals surface area contributed by atoms with Crippen LogP contribution in [-0.4, -0.2) is 24.5 Å². The molecule has 0 saturated carbocycles. The molecule has 0 saturated heterocycles. The third kappa shape index (κ3) is 6.70. The van der Waals surface area contributed by atoms with Crippen LogP contribution >= 0.6 is 0 Å². The maximum Gasteiger partial charge on any atom is 0.261 e. The first-order chi connectivity index (χ1) is 14.2. The average molecular weight is 389 g/mol. The van der Waals surface area contributed by atoms with Gasteiger partial charge in [-0.15, -0.1) is 0 Å². The monoisotopic (exact) mass is 389 g/mol. The summed E-state index contributed by atoms with van der Waals surface area (Å²) in [5, 5.41) is 2.76. The first-order valence-electron chi connectivity index (χ1n) is 9.33. The fourth-order valence-electron chi connectivity index (χ4n) is 2.70. The summed E-state index contributed by atoms with van der Waals surface area (Å²) in [4.78, 5) is 25.1. The zero-order chi connectivity index (χ0) is 20.3. The maximum atomic E-state index is 12.7. The number of rotatable bonds is 9. The van der Waals surface area contributed by atoms with Crippen LogP contribution in [0.1, 0.15) is 5.56 Å². The Balaban J connectivity index is 1.60. The van der Waals surface area contributed by atoms with Gasteiger partial charge in [0.2, 0.25) is 0 Å².